The Morgan fingerprint density at radius 1 is 1.09 bits per heavy atom. The summed E-state index contributed by atoms with van der Waals surface area (Å²) in [6.07, 6.45) is 8.43. The lowest BCUT2D eigenvalue weighted by Crippen LogP contribution is -2.43. The number of anilines is 1. The monoisotopic (exact) mass is 440 g/mol. The van der Waals surface area contributed by atoms with Crippen molar-refractivity contribution in [2.75, 3.05) is 18.4 Å². The predicted molar refractivity (Wildman–Crippen MR) is 129 cm³/mol. The van der Waals surface area contributed by atoms with Crippen molar-refractivity contribution in [1.82, 2.24) is 25.1 Å². The van der Waals surface area contributed by atoms with Crippen LogP contribution in [0.25, 0.3) is 11.1 Å². The van der Waals surface area contributed by atoms with Gasteiger partial charge in [0, 0.05) is 42.5 Å². The maximum Gasteiger partial charge on any atom is 0.237 e. The molecule has 0 saturated heterocycles. The third kappa shape index (κ3) is 4.88. The maximum absolute atomic E-state index is 6.39. The predicted octanol–water partition coefficient (Wildman–Crippen LogP) is 3.93. The van der Waals surface area contributed by atoms with E-state index in [2.05, 4.69) is 68.2 Å². The quantitative estimate of drug-likeness (QED) is 0.453. The Hall–Kier alpha value is -3.71. The molecule has 0 saturated carbocycles. The molecule has 7 heteroatoms. The number of nitrogens with one attached hydrogen (secondary N) is 2. The molecule has 2 atom stereocenters. The molecule has 0 unspecified atom stereocenters. The summed E-state index contributed by atoms with van der Waals surface area (Å²) in [6, 6.07) is 16.8. The van der Waals surface area contributed by atoms with E-state index in [4.69, 9.17) is 4.74 Å². The minimum Gasteiger partial charge on any atom is -0.469 e. The molecule has 0 fully saturated rings. The van der Waals surface area contributed by atoms with Gasteiger partial charge in [0.2, 0.25) is 5.88 Å². The van der Waals surface area contributed by atoms with Gasteiger partial charge in [-0.3, -0.25) is 9.67 Å². The fraction of sp³-hybridized carbons (Fsp3) is 0.269. The Bertz CT molecular complexity index is 1210. The molecule has 1 aliphatic rings. The van der Waals surface area contributed by atoms with E-state index in [0.717, 1.165) is 35.5 Å². The van der Waals surface area contributed by atoms with Crippen molar-refractivity contribution >= 4 is 5.69 Å². The number of pyridine rings is 2. The first kappa shape index (κ1) is 21.2. The van der Waals surface area contributed by atoms with Crippen molar-refractivity contribution in [3.05, 3.63) is 90.1 Å². The van der Waals surface area contributed by atoms with Crippen LogP contribution in [0.2, 0.25) is 0 Å². The zero-order chi connectivity index (χ0) is 22.6. The smallest absolute Gasteiger partial charge is 0.237 e. The minimum atomic E-state index is -0.0900. The SMILES string of the molecule is Cc1ccc(CCN[C@H](c2ccccc2)[C@@H]2CNc3cc(-c4cnn(C)c4)cnc3O2)cn1. The Balaban J connectivity index is 1.31. The molecule has 0 radical (unpaired) electrons. The molecule has 0 aliphatic carbocycles. The highest BCUT2D eigenvalue weighted by molar-refractivity contribution is 5.69. The van der Waals surface area contributed by atoms with Gasteiger partial charge in [-0.05, 0) is 43.1 Å². The van der Waals surface area contributed by atoms with E-state index in [9.17, 15) is 0 Å². The van der Waals surface area contributed by atoms with Crippen molar-refractivity contribution in [1.29, 1.82) is 0 Å². The maximum atomic E-state index is 6.39. The third-order valence-corrected chi connectivity index (χ3v) is 5.93. The van der Waals surface area contributed by atoms with Crippen LogP contribution in [0.1, 0.15) is 22.9 Å². The summed E-state index contributed by atoms with van der Waals surface area (Å²) in [5.41, 5.74) is 6.41. The van der Waals surface area contributed by atoms with Gasteiger partial charge in [-0.2, -0.15) is 5.10 Å². The van der Waals surface area contributed by atoms with Gasteiger partial charge in [0.25, 0.3) is 0 Å². The summed E-state index contributed by atoms with van der Waals surface area (Å²) in [6.45, 7) is 3.51. The normalized spacial score (nSPS) is 15.9. The number of hydrogen-bond acceptors (Lipinski definition) is 6. The fourth-order valence-corrected chi connectivity index (χ4v) is 4.13. The Kier molecular flexibility index (Phi) is 6.04. The molecule has 3 aromatic heterocycles. The van der Waals surface area contributed by atoms with Crippen molar-refractivity contribution < 1.29 is 4.74 Å². The van der Waals surface area contributed by atoms with E-state index in [-0.39, 0.29) is 12.1 Å². The summed E-state index contributed by atoms with van der Waals surface area (Å²) >= 11 is 0. The highest BCUT2D eigenvalue weighted by Gasteiger charge is 2.29. The van der Waals surface area contributed by atoms with Crippen LogP contribution in [-0.4, -0.2) is 38.9 Å². The second-order valence-electron chi connectivity index (χ2n) is 8.42. The molecule has 1 aliphatic heterocycles. The van der Waals surface area contributed by atoms with Crippen LogP contribution in [-0.2, 0) is 13.5 Å². The summed E-state index contributed by atoms with van der Waals surface area (Å²) in [7, 11) is 1.91. The topological polar surface area (TPSA) is 76.9 Å². The lowest BCUT2D eigenvalue weighted by molar-refractivity contribution is 0.150. The number of benzene rings is 1. The number of aryl methyl sites for hydroxylation is 2. The summed E-state index contributed by atoms with van der Waals surface area (Å²) in [4.78, 5) is 9.01. The lowest BCUT2D eigenvalue weighted by Gasteiger charge is -2.33. The van der Waals surface area contributed by atoms with Gasteiger partial charge in [-0.1, -0.05) is 36.4 Å². The highest BCUT2D eigenvalue weighted by atomic mass is 16.5. The van der Waals surface area contributed by atoms with Crippen molar-refractivity contribution in [2.45, 2.75) is 25.5 Å². The van der Waals surface area contributed by atoms with E-state index in [1.807, 2.05) is 44.8 Å². The average molecular weight is 441 g/mol. The lowest BCUT2D eigenvalue weighted by atomic mass is 9.99. The van der Waals surface area contributed by atoms with Crippen LogP contribution >= 0.6 is 0 Å². The molecule has 0 amide bonds. The van der Waals surface area contributed by atoms with Crippen molar-refractivity contribution in [2.24, 2.45) is 7.05 Å². The first-order valence-electron chi connectivity index (χ1n) is 11.3. The molecule has 0 bridgehead atoms. The second-order valence-corrected chi connectivity index (χ2v) is 8.42. The van der Waals surface area contributed by atoms with Gasteiger partial charge in [0.1, 0.15) is 6.10 Å². The van der Waals surface area contributed by atoms with Crippen LogP contribution in [0.3, 0.4) is 0 Å². The molecular formula is C26H28N6O. The molecule has 0 spiro atoms. The molecule has 168 valence electrons. The zero-order valence-electron chi connectivity index (χ0n) is 18.9. The molecule has 7 nitrogen and oxygen atoms in total. The molecular weight excluding hydrogens is 412 g/mol. The van der Waals surface area contributed by atoms with E-state index in [0.29, 0.717) is 12.4 Å². The number of nitrogens with zero attached hydrogens (tertiary/aromatic N) is 4. The summed E-state index contributed by atoms with van der Waals surface area (Å²) < 4.78 is 8.18. The summed E-state index contributed by atoms with van der Waals surface area (Å²) in [5, 5.41) is 11.5. The van der Waals surface area contributed by atoms with Crippen LogP contribution < -0.4 is 15.4 Å². The first-order valence-corrected chi connectivity index (χ1v) is 11.3. The standard InChI is InChI=1S/C26H28N6O/c1-18-8-9-19(13-28-18)10-11-27-25(20-6-4-3-5-7-20)24-16-29-23-12-21(14-30-26(23)33-24)22-15-31-32(2)17-22/h3-9,12-15,17,24-25,27,29H,10-11,16H2,1-2H3/t24-,25+/m0/s1. The van der Waals surface area contributed by atoms with Gasteiger partial charge < -0.3 is 15.4 Å². The van der Waals surface area contributed by atoms with Crippen LogP contribution in [0.5, 0.6) is 5.88 Å². The van der Waals surface area contributed by atoms with Gasteiger partial charge in [-0.25, -0.2) is 4.98 Å². The van der Waals surface area contributed by atoms with E-state index in [1.165, 1.54) is 11.1 Å². The average Bonchev–Trinajstić information content (AvgIpc) is 3.29. The van der Waals surface area contributed by atoms with Gasteiger partial charge in [0.05, 0.1) is 24.5 Å². The molecule has 4 heterocycles. The zero-order valence-corrected chi connectivity index (χ0v) is 18.9. The number of hydrogen-bond donors (Lipinski definition) is 2. The Morgan fingerprint density at radius 2 is 1.97 bits per heavy atom. The number of aromatic nitrogens is 4. The van der Waals surface area contributed by atoms with Crippen molar-refractivity contribution in [3.63, 3.8) is 0 Å². The van der Waals surface area contributed by atoms with E-state index in [1.54, 1.807) is 4.68 Å². The minimum absolute atomic E-state index is 0.0325. The van der Waals surface area contributed by atoms with Gasteiger partial charge >= 0.3 is 0 Å². The fourth-order valence-electron chi connectivity index (χ4n) is 4.13. The summed E-state index contributed by atoms with van der Waals surface area (Å²) in [5.74, 6) is 0.629. The van der Waals surface area contributed by atoms with Gasteiger partial charge in [0.15, 0.2) is 0 Å². The molecule has 5 rings (SSSR count). The Labute approximate surface area is 193 Å². The number of rotatable bonds is 7. The van der Waals surface area contributed by atoms with Crippen LogP contribution in [0, 0.1) is 6.92 Å². The van der Waals surface area contributed by atoms with Crippen LogP contribution in [0.4, 0.5) is 5.69 Å². The van der Waals surface area contributed by atoms with Gasteiger partial charge in [-0.15, -0.1) is 0 Å². The Morgan fingerprint density at radius 3 is 2.73 bits per heavy atom. The van der Waals surface area contributed by atoms with E-state index >= 15 is 0 Å². The highest BCUT2D eigenvalue weighted by Crippen LogP contribution is 2.34. The first-order chi connectivity index (χ1) is 16.2. The second kappa shape index (κ2) is 9.42. The molecule has 4 aromatic rings. The molecule has 33 heavy (non-hydrogen) atoms. The molecule has 1 aromatic carbocycles. The third-order valence-electron chi connectivity index (χ3n) is 5.93. The molecule has 2 N–H and O–H groups in total. The number of fused-ring (bicyclic) bond motifs is 1. The van der Waals surface area contributed by atoms with Crippen LogP contribution in [0.15, 0.2) is 73.3 Å². The van der Waals surface area contributed by atoms with E-state index < -0.39 is 0 Å². The number of ether oxygens (including phenoxy) is 1. The largest absolute Gasteiger partial charge is 0.469 e. The van der Waals surface area contributed by atoms with Crippen molar-refractivity contribution in [3.8, 4) is 17.0 Å².